The molecule has 2 N–H and O–H groups in total. The SMILES string of the molecule is CC(=O)NC(CSCc1nc(C)no1)C(=O)O. The van der Waals surface area contributed by atoms with Crippen molar-refractivity contribution in [1.82, 2.24) is 15.5 Å². The number of carbonyl (C=O) groups excluding carboxylic acids is 1. The van der Waals surface area contributed by atoms with Crippen LogP contribution in [-0.2, 0) is 15.3 Å². The summed E-state index contributed by atoms with van der Waals surface area (Å²) in [5.41, 5.74) is 0. The van der Waals surface area contributed by atoms with Crippen molar-refractivity contribution in [2.45, 2.75) is 25.6 Å². The third-order valence-corrected chi connectivity index (χ3v) is 2.78. The van der Waals surface area contributed by atoms with Gasteiger partial charge in [0.1, 0.15) is 6.04 Å². The van der Waals surface area contributed by atoms with E-state index in [-0.39, 0.29) is 11.7 Å². The Labute approximate surface area is 102 Å². The number of carbonyl (C=O) groups is 2. The number of rotatable bonds is 6. The summed E-state index contributed by atoms with van der Waals surface area (Å²) in [7, 11) is 0. The molecule has 8 heteroatoms. The summed E-state index contributed by atoms with van der Waals surface area (Å²) in [6.07, 6.45) is 0. The van der Waals surface area contributed by atoms with Crippen molar-refractivity contribution < 1.29 is 19.2 Å². The Balaban J connectivity index is 2.37. The fraction of sp³-hybridized carbons (Fsp3) is 0.556. The van der Waals surface area contributed by atoms with Gasteiger partial charge in [0, 0.05) is 12.7 Å². The number of aliphatic carboxylic acids is 1. The molecule has 1 atom stereocenters. The Hall–Kier alpha value is -1.57. The van der Waals surface area contributed by atoms with Crippen LogP contribution in [0.2, 0.25) is 0 Å². The van der Waals surface area contributed by atoms with E-state index in [9.17, 15) is 9.59 Å². The number of aromatic nitrogens is 2. The molecule has 0 saturated heterocycles. The first-order valence-electron chi connectivity index (χ1n) is 4.86. The van der Waals surface area contributed by atoms with Crippen LogP contribution in [0.15, 0.2) is 4.52 Å². The molecule has 1 unspecified atom stereocenters. The molecule has 0 bridgehead atoms. The molecule has 0 spiro atoms. The quantitative estimate of drug-likeness (QED) is 0.751. The molecule has 1 heterocycles. The van der Waals surface area contributed by atoms with Crippen molar-refractivity contribution in [3.63, 3.8) is 0 Å². The van der Waals surface area contributed by atoms with Gasteiger partial charge < -0.3 is 14.9 Å². The molecular formula is C9H13N3O4S. The maximum absolute atomic E-state index is 10.8. The molecule has 1 aromatic heterocycles. The largest absolute Gasteiger partial charge is 0.480 e. The second-order valence-electron chi connectivity index (χ2n) is 3.34. The number of hydrogen-bond donors (Lipinski definition) is 2. The fourth-order valence-electron chi connectivity index (χ4n) is 1.08. The average Bonchev–Trinajstić information content (AvgIpc) is 2.62. The van der Waals surface area contributed by atoms with Gasteiger partial charge in [-0.1, -0.05) is 5.16 Å². The topological polar surface area (TPSA) is 105 Å². The number of carboxylic acids is 1. The first-order chi connectivity index (χ1) is 7.99. The van der Waals surface area contributed by atoms with Crippen molar-refractivity contribution in [3.8, 4) is 0 Å². The van der Waals surface area contributed by atoms with Crippen LogP contribution < -0.4 is 5.32 Å². The molecule has 94 valence electrons. The van der Waals surface area contributed by atoms with Crippen LogP contribution in [0.1, 0.15) is 18.6 Å². The Bertz CT molecular complexity index is 407. The van der Waals surface area contributed by atoms with Gasteiger partial charge in [0.15, 0.2) is 5.82 Å². The highest BCUT2D eigenvalue weighted by Crippen LogP contribution is 2.11. The molecule has 1 rings (SSSR count). The number of carboxylic acid groups (broad SMARTS) is 1. The average molecular weight is 259 g/mol. The van der Waals surface area contributed by atoms with Gasteiger partial charge in [-0.2, -0.15) is 4.98 Å². The lowest BCUT2D eigenvalue weighted by molar-refractivity contribution is -0.140. The number of thioether (sulfide) groups is 1. The molecule has 0 fully saturated rings. The number of amides is 1. The molecular weight excluding hydrogens is 246 g/mol. The lowest BCUT2D eigenvalue weighted by atomic mass is 10.3. The van der Waals surface area contributed by atoms with Crippen molar-refractivity contribution in [2.24, 2.45) is 0 Å². The van der Waals surface area contributed by atoms with E-state index in [1.165, 1.54) is 18.7 Å². The Morgan fingerprint density at radius 2 is 2.29 bits per heavy atom. The zero-order valence-corrected chi connectivity index (χ0v) is 10.3. The summed E-state index contributed by atoms with van der Waals surface area (Å²) in [6.45, 7) is 2.98. The van der Waals surface area contributed by atoms with Crippen LogP contribution in [0.25, 0.3) is 0 Å². The smallest absolute Gasteiger partial charge is 0.327 e. The van der Waals surface area contributed by atoms with Crippen LogP contribution in [0.4, 0.5) is 0 Å². The normalized spacial score (nSPS) is 12.1. The predicted molar refractivity (Wildman–Crippen MR) is 60.4 cm³/mol. The van der Waals surface area contributed by atoms with Crippen molar-refractivity contribution in [1.29, 1.82) is 0 Å². The van der Waals surface area contributed by atoms with Crippen molar-refractivity contribution >= 4 is 23.6 Å². The minimum atomic E-state index is -1.06. The van der Waals surface area contributed by atoms with Crippen molar-refractivity contribution in [3.05, 3.63) is 11.7 Å². The van der Waals surface area contributed by atoms with Gasteiger partial charge >= 0.3 is 5.97 Å². The fourth-order valence-corrected chi connectivity index (χ4v) is 1.95. The number of aryl methyl sites for hydroxylation is 1. The summed E-state index contributed by atoms with van der Waals surface area (Å²) in [6, 6.07) is -0.901. The maximum atomic E-state index is 10.8. The highest BCUT2D eigenvalue weighted by atomic mass is 32.2. The van der Waals surface area contributed by atoms with E-state index in [0.717, 1.165) is 0 Å². The molecule has 1 aromatic rings. The van der Waals surface area contributed by atoms with Crippen LogP contribution in [0.5, 0.6) is 0 Å². The molecule has 0 saturated carbocycles. The minimum Gasteiger partial charge on any atom is -0.480 e. The summed E-state index contributed by atoms with van der Waals surface area (Å²) >= 11 is 1.31. The molecule has 7 nitrogen and oxygen atoms in total. The number of nitrogens with one attached hydrogen (secondary N) is 1. The molecule has 17 heavy (non-hydrogen) atoms. The molecule has 0 radical (unpaired) electrons. The van der Waals surface area contributed by atoms with Gasteiger partial charge in [-0.05, 0) is 6.92 Å². The summed E-state index contributed by atoms with van der Waals surface area (Å²) < 4.78 is 4.87. The number of nitrogens with zero attached hydrogens (tertiary/aromatic N) is 2. The first-order valence-corrected chi connectivity index (χ1v) is 6.01. The number of hydrogen-bond acceptors (Lipinski definition) is 6. The first kappa shape index (κ1) is 13.5. The van der Waals surface area contributed by atoms with Gasteiger partial charge in [0.05, 0.1) is 5.75 Å². The van der Waals surface area contributed by atoms with E-state index in [0.29, 0.717) is 17.5 Å². The molecule has 0 aliphatic heterocycles. The molecule has 0 aliphatic carbocycles. The minimum absolute atomic E-state index is 0.246. The molecule has 0 aromatic carbocycles. The maximum Gasteiger partial charge on any atom is 0.327 e. The standard InChI is InChI=1S/C9H13N3O4S/c1-5-10-8(16-12-5)4-17-3-7(9(14)15)11-6(2)13/h7H,3-4H2,1-2H3,(H,11,13)(H,14,15). The van der Waals surface area contributed by atoms with E-state index < -0.39 is 12.0 Å². The van der Waals surface area contributed by atoms with Crippen LogP contribution >= 0.6 is 11.8 Å². The summed E-state index contributed by atoms with van der Waals surface area (Å²) in [4.78, 5) is 25.6. The highest BCUT2D eigenvalue weighted by molar-refractivity contribution is 7.98. The van der Waals surface area contributed by atoms with E-state index in [4.69, 9.17) is 9.63 Å². The summed E-state index contributed by atoms with van der Waals surface area (Å²) in [5.74, 6) is 0.221. The van der Waals surface area contributed by atoms with Gasteiger partial charge in [-0.3, -0.25) is 4.79 Å². The van der Waals surface area contributed by atoms with E-state index in [1.54, 1.807) is 6.92 Å². The second kappa shape index (κ2) is 6.24. The lowest BCUT2D eigenvalue weighted by Gasteiger charge is -2.11. The van der Waals surface area contributed by atoms with Gasteiger partial charge in [0.2, 0.25) is 11.8 Å². The van der Waals surface area contributed by atoms with Gasteiger partial charge in [-0.25, -0.2) is 4.79 Å². The third kappa shape index (κ3) is 4.85. The van der Waals surface area contributed by atoms with Gasteiger partial charge in [-0.15, -0.1) is 11.8 Å². The predicted octanol–water partition coefficient (Wildman–Crippen LogP) is 0.201. The Kier molecular flexibility index (Phi) is 4.95. The lowest BCUT2D eigenvalue weighted by Crippen LogP contribution is -2.41. The zero-order valence-electron chi connectivity index (χ0n) is 9.47. The molecule has 1 amide bonds. The van der Waals surface area contributed by atoms with Crippen LogP contribution in [-0.4, -0.2) is 38.9 Å². The Morgan fingerprint density at radius 1 is 1.59 bits per heavy atom. The zero-order chi connectivity index (χ0) is 12.8. The van der Waals surface area contributed by atoms with E-state index >= 15 is 0 Å². The Morgan fingerprint density at radius 3 is 2.76 bits per heavy atom. The monoisotopic (exact) mass is 259 g/mol. The van der Waals surface area contributed by atoms with Crippen LogP contribution in [0, 0.1) is 6.92 Å². The van der Waals surface area contributed by atoms with Crippen molar-refractivity contribution in [2.75, 3.05) is 5.75 Å². The van der Waals surface area contributed by atoms with E-state index in [2.05, 4.69) is 15.5 Å². The highest BCUT2D eigenvalue weighted by Gasteiger charge is 2.18. The van der Waals surface area contributed by atoms with E-state index in [1.807, 2.05) is 0 Å². The molecule has 0 aliphatic rings. The second-order valence-corrected chi connectivity index (χ2v) is 4.37. The van der Waals surface area contributed by atoms with Crippen LogP contribution in [0.3, 0.4) is 0 Å². The summed E-state index contributed by atoms with van der Waals surface area (Å²) in [5, 5.41) is 14.8. The third-order valence-electron chi connectivity index (χ3n) is 1.76. The van der Waals surface area contributed by atoms with Gasteiger partial charge in [0.25, 0.3) is 0 Å².